The molecule has 3 nitrogen and oxygen atoms in total. The highest BCUT2D eigenvalue weighted by molar-refractivity contribution is 5.77. The molecule has 1 aliphatic rings. The summed E-state index contributed by atoms with van der Waals surface area (Å²) < 4.78 is 0. The third-order valence-electron chi connectivity index (χ3n) is 3.78. The molecule has 1 amide bonds. The van der Waals surface area contributed by atoms with Crippen molar-refractivity contribution in [1.29, 1.82) is 0 Å². The van der Waals surface area contributed by atoms with Crippen molar-refractivity contribution in [3.63, 3.8) is 0 Å². The van der Waals surface area contributed by atoms with E-state index in [0.717, 1.165) is 19.5 Å². The average molecular weight is 246 g/mol. The number of carbonyl (C=O) groups is 1. The molecular weight excluding hydrogens is 224 g/mol. The quantitative estimate of drug-likeness (QED) is 0.887. The van der Waals surface area contributed by atoms with Gasteiger partial charge in [-0.1, -0.05) is 31.2 Å². The van der Waals surface area contributed by atoms with E-state index in [1.165, 1.54) is 11.1 Å². The van der Waals surface area contributed by atoms with Crippen LogP contribution in [0.15, 0.2) is 24.3 Å². The molecule has 2 atom stereocenters. The smallest absolute Gasteiger partial charge is 0.223 e. The molecule has 1 aliphatic heterocycles. The van der Waals surface area contributed by atoms with E-state index in [2.05, 4.69) is 26.0 Å². The van der Waals surface area contributed by atoms with Gasteiger partial charge in [0.2, 0.25) is 5.91 Å². The summed E-state index contributed by atoms with van der Waals surface area (Å²) in [4.78, 5) is 14.1. The Hall–Kier alpha value is -1.35. The molecule has 1 heterocycles. The largest absolute Gasteiger partial charge is 0.341 e. The van der Waals surface area contributed by atoms with Gasteiger partial charge in [-0.05, 0) is 30.4 Å². The predicted octanol–water partition coefficient (Wildman–Crippen LogP) is 2.05. The van der Waals surface area contributed by atoms with E-state index in [1.54, 1.807) is 0 Å². The second kappa shape index (κ2) is 5.53. The van der Waals surface area contributed by atoms with E-state index < -0.39 is 0 Å². The van der Waals surface area contributed by atoms with Crippen LogP contribution in [0.4, 0.5) is 0 Å². The lowest BCUT2D eigenvalue weighted by molar-refractivity contribution is -0.130. The number of benzene rings is 1. The normalized spacial score (nSPS) is 21.1. The summed E-state index contributed by atoms with van der Waals surface area (Å²) in [7, 11) is 0. The Labute approximate surface area is 109 Å². The fraction of sp³-hybridized carbons (Fsp3) is 0.533. The molecule has 1 saturated heterocycles. The van der Waals surface area contributed by atoms with Crippen molar-refractivity contribution in [3.8, 4) is 0 Å². The van der Waals surface area contributed by atoms with Crippen LogP contribution in [0.2, 0.25) is 0 Å². The molecule has 0 aliphatic carbocycles. The lowest BCUT2D eigenvalue weighted by atomic mass is 9.93. The summed E-state index contributed by atoms with van der Waals surface area (Å²) in [6.45, 7) is 5.76. The second-order valence-corrected chi connectivity index (χ2v) is 5.35. The van der Waals surface area contributed by atoms with Crippen LogP contribution in [0.25, 0.3) is 0 Å². The molecule has 1 aromatic rings. The summed E-state index contributed by atoms with van der Waals surface area (Å²) in [5.74, 6) is 0.509. The van der Waals surface area contributed by atoms with Crippen molar-refractivity contribution in [2.45, 2.75) is 38.6 Å². The van der Waals surface area contributed by atoms with Crippen LogP contribution in [0, 0.1) is 6.92 Å². The van der Waals surface area contributed by atoms with Crippen LogP contribution < -0.4 is 5.73 Å². The summed E-state index contributed by atoms with van der Waals surface area (Å²) >= 11 is 0. The molecule has 3 heteroatoms. The Morgan fingerprint density at radius 1 is 1.50 bits per heavy atom. The molecule has 18 heavy (non-hydrogen) atoms. The highest BCUT2D eigenvalue weighted by atomic mass is 16.2. The Morgan fingerprint density at radius 2 is 2.22 bits per heavy atom. The van der Waals surface area contributed by atoms with Crippen LogP contribution in [-0.2, 0) is 4.79 Å². The highest BCUT2D eigenvalue weighted by Crippen LogP contribution is 2.23. The summed E-state index contributed by atoms with van der Waals surface area (Å²) in [5.41, 5.74) is 8.37. The molecule has 2 N–H and O–H groups in total. The van der Waals surface area contributed by atoms with E-state index in [-0.39, 0.29) is 17.9 Å². The van der Waals surface area contributed by atoms with E-state index in [1.807, 2.05) is 17.0 Å². The first-order chi connectivity index (χ1) is 8.58. The van der Waals surface area contributed by atoms with Gasteiger partial charge in [0, 0.05) is 25.6 Å². The molecule has 2 unspecified atom stereocenters. The van der Waals surface area contributed by atoms with Crippen molar-refractivity contribution in [3.05, 3.63) is 35.4 Å². The Kier molecular flexibility index (Phi) is 4.02. The van der Waals surface area contributed by atoms with E-state index in [4.69, 9.17) is 5.73 Å². The van der Waals surface area contributed by atoms with Gasteiger partial charge in [-0.2, -0.15) is 0 Å². The summed E-state index contributed by atoms with van der Waals surface area (Å²) in [5, 5.41) is 0. The zero-order valence-corrected chi connectivity index (χ0v) is 11.2. The number of carbonyl (C=O) groups excluding carboxylic acids is 1. The molecule has 98 valence electrons. The second-order valence-electron chi connectivity index (χ2n) is 5.35. The molecule has 0 bridgehead atoms. The minimum Gasteiger partial charge on any atom is -0.341 e. The van der Waals surface area contributed by atoms with Crippen LogP contribution in [0.5, 0.6) is 0 Å². The van der Waals surface area contributed by atoms with Gasteiger partial charge >= 0.3 is 0 Å². The molecule has 0 saturated carbocycles. The number of hydrogen-bond donors (Lipinski definition) is 1. The average Bonchev–Trinajstić information content (AvgIpc) is 2.76. The van der Waals surface area contributed by atoms with Gasteiger partial charge in [-0.25, -0.2) is 0 Å². The van der Waals surface area contributed by atoms with Crippen LogP contribution in [0.1, 0.15) is 36.8 Å². The van der Waals surface area contributed by atoms with E-state index in [9.17, 15) is 4.79 Å². The SMILES string of the molecule is Cc1ccccc1C(C)CC(=O)N1CCC(N)C1. The summed E-state index contributed by atoms with van der Waals surface area (Å²) in [6, 6.07) is 8.45. The first kappa shape index (κ1) is 13.1. The van der Waals surface area contributed by atoms with Gasteiger partial charge in [-0.15, -0.1) is 0 Å². The van der Waals surface area contributed by atoms with Crippen molar-refractivity contribution in [1.82, 2.24) is 4.90 Å². The first-order valence-electron chi connectivity index (χ1n) is 6.67. The first-order valence-corrected chi connectivity index (χ1v) is 6.67. The predicted molar refractivity (Wildman–Crippen MR) is 73.4 cm³/mol. The third kappa shape index (κ3) is 2.91. The van der Waals surface area contributed by atoms with Gasteiger partial charge in [-0.3, -0.25) is 4.79 Å². The Balaban J connectivity index is 1.97. The van der Waals surface area contributed by atoms with Gasteiger partial charge in [0.15, 0.2) is 0 Å². The molecule has 0 radical (unpaired) electrons. The topological polar surface area (TPSA) is 46.3 Å². The van der Waals surface area contributed by atoms with Crippen LogP contribution in [-0.4, -0.2) is 29.9 Å². The fourth-order valence-electron chi connectivity index (χ4n) is 2.65. The molecule has 1 fully saturated rings. The van der Waals surface area contributed by atoms with E-state index in [0.29, 0.717) is 6.42 Å². The number of rotatable bonds is 3. The highest BCUT2D eigenvalue weighted by Gasteiger charge is 2.25. The van der Waals surface area contributed by atoms with Gasteiger partial charge in [0.05, 0.1) is 0 Å². The number of amides is 1. The summed E-state index contributed by atoms with van der Waals surface area (Å²) in [6.07, 6.45) is 1.52. The number of hydrogen-bond acceptors (Lipinski definition) is 2. The minimum atomic E-state index is 0.169. The zero-order chi connectivity index (χ0) is 13.1. The molecule has 1 aromatic carbocycles. The number of nitrogens with two attached hydrogens (primary N) is 1. The van der Waals surface area contributed by atoms with Crippen LogP contribution >= 0.6 is 0 Å². The van der Waals surface area contributed by atoms with Gasteiger partial charge < -0.3 is 10.6 Å². The Morgan fingerprint density at radius 3 is 2.83 bits per heavy atom. The molecule has 0 spiro atoms. The fourth-order valence-corrected chi connectivity index (χ4v) is 2.65. The number of aryl methyl sites for hydroxylation is 1. The maximum atomic E-state index is 12.2. The van der Waals surface area contributed by atoms with Crippen LogP contribution in [0.3, 0.4) is 0 Å². The maximum Gasteiger partial charge on any atom is 0.223 e. The molecule has 2 rings (SSSR count). The monoisotopic (exact) mass is 246 g/mol. The lowest BCUT2D eigenvalue weighted by Crippen LogP contribution is -2.32. The number of nitrogens with zero attached hydrogens (tertiary/aromatic N) is 1. The minimum absolute atomic E-state index is 0.169. The van der Waals surface area contributed by atoms with Crippen molar-refractivity contribution in [2.24, 2.45) is 5.73 Å². The van der Waals surface area contributed by atoms with Crippen molar-refractivity contribution in [2.75, 3.05) is 13.1 Å². The van der Waals surface area contributed by atoms with Gasteiger partial charge in [0.1, 0.15) is 0 Å². The number of likely N-dealkylation sites (tertiary alicyclic amines) is 1. The van der Waals surface area contributed by atoms with E-state index >= 15 is 0 Å². The molecule has 0 aromatic heterocycles. The van der Waals surface area contributed by atoms with Crippen molar-refractivity contribution < 1.29 is 4.79 Å². The van der Waals surface area contributed by atoms with Crippen molar-refractivity contribution >= 4 is 5.91 Å². The zero-order valence-electron chi connectivity index (χ0n) is 11.2. The maximum absolute atomic E-state index is 12.2. The Bertz CT molecular complexity index is 430. The lowest BCUT2D eigenvalue weighted by Gasteiger charge is -2.20. The molecular formula is C15H22N2O. The standard InChI is InChI=1S/C15H22N2O/c1-11-5-3-4-6-14(11)12(2)9-15(18)17-8-7-13(16)10-17/h3-6,12-13H,7-10,16H2,1-2H3. The third-order valence-corrected chi connectivity index (χ3v) is 3.78. The van der Waals surface area contributed by atoms with Gasteiger partial charge in [0.25, 0.3) is 0 Å².